The molecule has 0 atom stereocenters. The lowest BCUT2D eigenvalue weighted by Crippen LogP contribution is -2.47. The van der Waals surface area contributed by atoms with Gasteiger partial charge in [0.15, 0.2) is 0 Å². The van der Waals surface area contributed by atoms with Gasteiger partial charge in [0.05, 0.1) is 13.0 Å². The van der Waals surface area contributed by atoms with E-state index in [0.717, 1.165) is 29.3 Å². The highest BCUT2D eigenvalue weighted by Crippen LogP contribution is 2.15. The topological polar surface area (TPSA) is 74.4 Å². The zero-order valence-electron chi connectivity index (χ0n) is 13.9. The number of amides is 2. The van der Waals surface area contributed by atoms with Crippen molar-refractivity contribution in [2.24, 2.45) is 0 Å². The molecule has 24 heavy (non-hydrogen) atoms. The molecule has 6 heteroatoms. The van der Waals surface area contributed by atoms with E-state index in [9.17, 15) is 9.59 Å². The molecule has 0 saturated carbocycles. The fraction of sp³-hybridized carbons (Fsp3) is 0.444. The van der Waals surface area contributed by atoms with Crippen LogP contribution in [0.4, 0.5) is 4.79 Å². The number of fused-ring (bicyclic) bond motifs is 1. The molecule has 1 fully saturated rings. The van der Waals surface area contributed by atoms with Gasteiger partial charge in [0.25, 0.3) is 0 Å². The number of aromatic nitrogens is 1. The molecule has 2 N–H and O–H groups in total. The van der Waals surface area contributed by atoms with Gasteiger partial charge in [-0.1, -0.05) is 6.07 Å². The summed E-state index contributed by atoms with van der Waals surface area (Å²) in [7, 11) is 0. The Morgan fingerprint density at radius 1 is 1.29 bits per heavy atom. The Morgan fingerprint density at radius 3 is 2.83 bits per heavy atom. The lowest BCUT2D eigenvalue weighted by Gasteiger charge is -2.31. The average Bonchev–Trinajstić information content (AvgIpc) is 3.03. The molecule has 2 heterocycles. The molecule has 0 radical (unpaired) electrons. The van der Waals surface area contributed by atoms with E-state index in [-0.39, 0.29) is 18.0 Å². The summed E-state index contributed by atoms with van der Waals surface area (Å²) >= 11 is 0. The van der Waals surface area contributed by atoms with Crippen molar-refractivity contribution in [1.29, 1.82) is 0 Å². The second-order valence-electron chi connectivity index (χ2n) is 6.10. The van der Waals surface area contributed by atoms with Gasteiger partial charge < -0.3 is 19.9 Å². The molecule has 3 rings (SSSR count). The Bertz CT molecular complexity index is 717. The van der Waals surface area contributed by atoms with Crippen molar-refractivity contribution < 1.29 is 14.3 Å². The fourth-order valence-electron chi connectivity index (χ4n) is 3.10. The monoisotopic (exact) mass is 329 g/mol. The number of nitrogens with zero attached hydrogens (tertiary/aromatic N) is 1. The number of carbonyl (C=O) groups is 2. The number of H-pyrrole nitrogens is 1. The number of ether oxygens (including phenoxy) is 1. The zero-order valence-corrected chi connectivity index (χ0v) is 13.9. The summed E-state index contributed by atoms with van der Waals surface area (Å²) in [4.78, 5) is 28.8. The molecule has 2 amide bonds. The summed E-state index contributed by atoms with van der Waals surface area (Å²) in [6.07, 6.45) is 3.54. The van der Waals surface area contributed by atoms with Gasteiger partial charge in [-0.3, -0.25) is 4.79 Å². The Morgan fingerprint density at radius 2 is 2.08 bits per heavy atom. The van der Waals surface area contributed by atoms with Gasteiger partial charge in [-0.15, -0.1) is 0 Å². The van der Waals surface area contributed by atoms with E-state index in [2.05, 4.69) is 10.3 Å². The van der Waals surface area contributed by atoms with E-state index in [4.69, 9.17) is 4.74 Å². The van der Waals surface area contributed by atoms with Crippen molar-refractivity contribution >= 4 is 22.9 Å². The van der Waals surface area contributed by atoms with Crippen molar-refractivity contribution in [3.05, 3.63) is 36.0 Å². The number of aromatic amines is 1. The Labute approximate surface area is 141 Å². The van der Waals surface area contributed by atoms with Crippen LogP contribution in [-0.2, 0) is 16.0 Å². The number of likely N-dealkylation sites (tertiary alicyclic amines) is 1. The molecular weight excluding hydrogens is 306 g/mol. The number of hydrogen-bond donors (Lipinski definition) is 2. The molecular formula is C18H23N3O3. The Hall–Kier alpha value is -2.50. The van der Waals surface area contributed by atoms with Crippen molar-refractivity contribution in [1.82, 2.24) is 15.2 Å². The van der Waals surface area contributed by atoms with Gasteiger partial charge in [-0.05, 0) is 48.9 Å². The third kappa shape index (κ3) is 3.88. The molecule has 1 aliphatic heterocycles. The predicted molar refractivity (Wildman–Crippen MR) is 91.8 cm³/mol. The van der Waals surface area contributed by atoms with E-state index < -0.39 is 0 Å². The lowest BCUT2D eigenvalue weighted by molar-refractivity contribution is -0.121. The summed E-state index contributed by atoms with van der Waals surface area (Å²) in [6.45, 7) is 3.44. The van der Waals surface area contributed by atoms with Crippen LogP contribution in [0.3, 0.4) is 0 Å². The van der Waals surface area contributed by atoms with Crippen LogP contribution in [0.1, 0.15) is 25.3 Å². The largest absolute Gasteiger partial charge is 0.450 e. The van der Waals surface area contributed by atoms with Crippen LogP contribution in [0.2, 0.25) is 0 Å². The summed E-state index contributed by atoms with van der Waals surface area (Å²) < 4.78 is 5.00. The molecule has 6 nitrogen and oxygen atoms in total. The molecule has 1 aliphatic rings. The molecule has 1 aromatic carbocycles. The molecule has 0 bridgehead atoms. The number of nitrogens with one attached hydrogen (secondary N) is 2. The first kappa shape index (κ1) is 16.4. The van der Waals surface area contributed by atoms with Gasteiger partial charge in [0.2, 0.25) is 5.91 Å². The lowest BCUT2D eigenvalue weighted by atomic mass is 10.0. The number of rotatable bonds is 4. The maximum absolute atomic E-state index is 12.2. The highest BCUT2D eigenvalue weighted by atomic mass is 16.6. The van der Waals surface area contributed by atoms with Gasteiger partial charge >= 0.3 is 6.09 Å². The molecule has 128 valence electrons. The Kier molecular flexibility index (Phi) is 5.03. The normalized spacial score (nSPS) is 15.5. The van der Waals surface area contributed by atoms with Crippen molar-refractivity contribution in [2.75, 3.05) is 19.7 Å². The average molecular weight is 329 g/mol. The van der Waals surface area contributed by atoms with Crippen LogP contribution in [0.15, 0.2) is 30.5 Å². The number of hydrogen-bond acceptors (Lipinski definition) is 3. The van der Waals surface area contributed by atoms with Gasteiger partial charge in [-0.25, -0.2) is 4.79 Å². The number of piperidine rings is 1. The Balaban J connectivity index is 1.48. The van der Waals surface area contributed by atoms with Crippen molar-refractivity contribution in [3.8, 4) is 0 Å². The van der Waals surface area contributed by atoms with Crippen molar-refractivity contribution in [2.45, 2.75) is 32.2 Å². The third-order valence-corrected chi connectivity index (χ3v) is 4.37. The van der Waals surface area contributed by atoms with Gasteiger partial charge in [0.1, 0.15) is 0 Å². The highest BCUT2D eigenvalue weighted by molar-refractivity contribution is 5.83. The second kappa shape index (κ2) is 7.38. The van der Waals surface area contributed by atoms with Crippen LogP contribution in [-0.4, -0.2) is 47.6 Å². The first-order chi connectivity index (χ1) is 11.7. The minimum absolute atomic E-state index is 0.0273. The van der Waals surface area contributed by atoms with Crippen molar-refractivity contribution in [3.63, 3.8) is 0 Å². The molecule has 1 saturated heterocycles. The van der Waals surface area contributed by atoms with E-state index in [1.165, 1.54) is 0 Å². The number of benzene rings is 1. The van der Waals surface area contributed by atoms with Crippen LogP contribution in [0.5, 0.6) is 0 Å². The fourth-order valence-corrected chi connectivity index (χ4v) is 3.10. The smallest absolute Gasteiger partial charge is 0.409 e. The molecule has 1 aromatic heterocycles. The minimum atomic E-state index is -0.262. The summed E-state index contributed by atoms with van der Waals surface area (Å²) in [5.74, 6) is 0.0273. The summed E-state index contributed by atoms with van der Waals surface area (Å²) in [5, 5.41) is 4.19. The summed E-state index contributed by atoms with van der Waals surface area (Å²) in [5.41, 5.74) is 2.08. The quantitative estimate of drug-likeness (QED) is 0.905. The van der Waals surface area contributed by atoms with Crippen LogP contribution >= 0.6 is 0 Å². The van der Waals surface area contributed by atoms with E-state index in [0.29, 0.717) is 26.1 Å². The first-order valence-electron chi connectivity index (χ1n) is 8.43. The maximum atomic E-state index is 12.2. The molecule has 0 aliphatic carbocycles. The molecule has 0 spiro atoms. The first-order valence-corrected chi connectivity index (χ1v) is 8.43. The number of carbonyl (C=O) groups excluding carboxylic acids is 2. The van der Waals surface area contributed by atoms with Crippen LogP contribution < -0.4 is 5.32 Å². The van der Waals surface area contributed by atoms with E-state index >= 15 is 0 Å². The van der Waals surface area contributed by atoms with Gasteiger partial charge in [0, 0.05) is 30.8 Å². The third-order valence-electron chi connectivity index (χ3n) is 4.37. The predicted octanol–water partition coefficient (Wildman–Crippen LogP) is 2.45. The minimum Gasteiger partial charge on any atom is -0.450 e. The zero-order chi connectivity index (χ0) is 16.9. The van der Waals surface area contributed by atoms with Crippen LogP contribution in [0, 0.1) is 0 Å². The van der Waals surface area contributed by atoms with E-state index in [1.54, 1.807) is 11.8 Å². The standard InChI is InChI=1S/C18H23N3O3/c1-2-24-18(23)21-9-6-15(7-10-21)20-17(22)12-13-3-4-16-14(11-13)5-8-19-16/h3-5,8,11,15,19H,2,6-7,9-10,12H2,1H3,(H,20,22). The van der Waals surface area contributed by atoms with Gasteiger partial charge in [-0.2, -0.15) is 0 Å². The molecule has 0 unspecified atom stereocenters. The maximum Gasteiger partial charge on any atom is 0.409 e. The highest BCUT2D eigenvalue weighted by Gasteiger charge is 2.24. The van der Waals surface area contributed by atoms with E-state index in [1.807, 2.05) is 30.5 Å². The second-order valence-corrected chi connectivity index (χ2v) is 6.10. The van der Waals surface area contributed by atoms with Crippen LogP contribution in [0.25, 0.3) is 10.9 Å². The molecule has 2 aromatic rings. The SMILES string of the molecule is CCOC(=O)N1CCC(NC(=O)Cc2ccc3[nH]ccc3c2)CC1. The summed E-state index contributed by atoms with van der Waals surface area (Å²) in [6, 6.07) is 8.13.